The van der Waals surface area contributed by atoms with Crippen LogP contribution in [0, 0.1) is 0 Å². The molecule has 1 aliphatic rings. The first-order valence-corrected chi connectivity index (χ1v) is 11.4. The first-order valence-electron chi connectivity index (χ1n) is 10.6. The number of rotatable bonds is 7. The van der Waals surface area contributed by atoms with Crippen molar-refractivity contribution in [2.45, 2.75) is 38.1 Å². The molecule has 0 atom stereocenters. The summed E-state index contributed by atoms with van der Waals surface area (Å²) in [6, 6.07) is 5.97. The molecule has 0 unspecified atom stereocenters. The molecule has 0 saturated carbocycles. The standard InChI is InChI=1S/C22H25BrN6O3/c1-32-21(31)5-4-20(30)28-9-6-16(7-10-28)18-11-19(25-13-15-3-2-8-24-12-15)29-22(27-18)17(23)14-26-29/h2-3,8,11-12,14,16,25H,4-7,9-10,13H2,1H3. The number of esters is 1. The summed E-state index contributed by atoms with van der Waals surface area (Å²) in [5, 5.41) is 7.88. The number of ether oxygens (including phenoxy) is 1. The van der Waals surface area contributed by atoms with Crippen LogP contribution in [0.1, 0.15) is 42.9 Å². The predicted octanol–water partition coefficient (Wildman–Crippen LogP) is 3.16. The van der Waals surface area contributed by atoms with E-state index in [9.17, 15) is 9.59 Å². The topological polar surface area (TPSA) is 102 Å². The van der Waals surface area contributed by atoms with Gasteiger partial charge in [0.25, 0.3) is 0 Å². The van der Waals surface area contributed by atoms with Crippen LogP contribution in [0.3, 0.4) is 0 Å². The number of halogens is 1. The Morgan fingerprint density at radius 2 is 2.06 bits per heavy atom. The van der Waals surface area contributed by atoms with E-state index in [-0.39, 0.29) is 30.6 Å². The van der Waals surface area contributed by atoms with E-state index < -0.39 is 0 Å². The number of piperidine rings is 1. The molecule has 10 heteroatoms. The van der Waals surface area contributed by atoms with Gasteiger partial charge in [0.1, 0.15) is 5.82 Å². The molecule has 0 spiro atoms. The van der Waals surface area contributed by atoms with Gasteiger partial charge in [-0.3, -0.25) is 14.6 Å². The molecule has 4 heterocycles. The van der Waals surface area contributed by atoms with Crippen molar-refractivity contribution < 1.29 is 14.3 Å². The molecule has 1 amide bonds. The van der Waals surface area contributed by atoms with Crippen LogP contribution in [0.15, 0.2) is 41.3 Å². The van der Waals surface area contributed by atoms with Crippen molar-refractivity contribution in [2.24, 2.45) is 0 Å². The molecule has 32 heavy (non-hydrogen) atoms. The number of methoxy groups -OCH3 is 1. The first kappa shape index (κ1) is 22.2. The van der Waals surface area contributed by atoms with Crippen molar-refractivity contribution in [1.82, 2.24) is 24.5 Å². The minimum absolute atomic E-state index is 0.00498. The minimum atomic E-state index is -0.358. The molecule has 9 nitrogen and oxygen atoms in total. The Labute approximate surface area is 194 Å². The Balaban J connectivity index is 1.45. The summed E-state index contributed by atoms with van der Waals surface area (Å²) in [6.07, 6.45) is 7.27. The number of carbonyl (C=O) groups is 2. The maximum Gasteiger partial charge on any atom is 0.306 e. The zero-order valence-corrected chi connectivity index (χ0v) is 19.4. The summed E-state index contributed by atoms with van der Waals surface area (Å²) in [5.74, 6) is 0.736. The maximum atomic E-state index is 12.4. The molecule has 0 bridgehead atoms. The normalized spacial score (nSPS) is 14.5. The molecule has 1 saturated heterocycles. The maximum absolute atomic E-state index is 12.4. The van der Waals surface area contributed by atoms with Crippen molar-refractivity contribution >= 4 is 39.3 Å². The SMILES string of the molecule is COC(=O)CCC(=O)N1CCC(c2cc(NCc3cccnc3)n3ncc(Br)c3n2)CC1. The zero-order chi connectivity index (χ0) is 22.5. The van der Waals surface area contributed by atoms with Crippen LogP contribution in [-0.2, 0) is 20.9 Å². The summed E-state index contributed by atoms with van der Waals surface area (Å²) in [6.45, 7) is 1.92. The Kier molecular flexibility index (Phi) is 6.99. The first-order chi connectivity index (χ1) is 15.5. The molecular weight excluding hydrogens is 476 g/mol. The van der Waals surface area contributed by atoms with E-state index in [0.29, 0.717) is 19.6 Å². The summed E-state index contributed by atoms with van der Waals surface area (Å²) >= 11 is 3.54. The number of amides is 1. The summed E-state index contributed by atoms with van der Waals surface area (Å²) in [7, 11) is 1.33. The molecule has 0 aliphatic carbocycles. The molecule has 0 aromatic carbocycles. The molecule has 4 rings (SSSR count). The summed E-state index contributed by atoms with van der Waals surface area (Å²) in [4.78, 5) is 34.5. The number of hydrogen-bond donors (Lipinski definition) is 1. The van der Waals surface area contributed by atoms with E-state index in [2.05, 4.69) is 36.1 Å². The number of fused-ring (bicyclic) bond motifs is 1. The fraction of sp³-hybridized carbons (Fsp3) is 0.409. The number of nitrogens with zero attached hydrogens (tertiary/aromatic N) is 5. The van der Waals surface area contributed by atoms with E-state index >= 15 is 0 Å². The van der Waals surface area contributed by atoms with Crippen molar-refractivity contribution in [3.05, 3.63) is 52.5 Å². The van der Waals surface area contributed by atoms with Crippen molar-refractivity contribution in [1.29, 1.82) is 0 Å². The van der Waals surface area contributed by atoms with E-state index in [1.165, 1.54) is 7.11 Å². The summed E-state index contributed by atoms with van der Waals surface area (Å²) in [5.41, 5.74) is 2.81. The summed E-state index contributed by atoms with van der Waals surface area (Å²) < 4.78 is 7.24. The molecule has 3 aromatic heterocycles. The number of hydrogen-bond acceptors (Lipinski definition) is 7. The van der Waals surface area contributed by atoms with Gasteiger partial charge < -0.3 is 15.0 Å². The number of likely N-dealkylation sites (tertiary alicyclic amines) is 1. The molecule has 1 aliphatic heterocycles. The third kappa shape index (κ3) is 5.07. The van der Waals surface area contributed by atoms with Crippen LogP contribution in [0.2, 0.25) is 0 Å². The van der Waals surface area contributed by atoms with Gasteiger partial charge >= 0.3 is 5.97 Å². The third-order valence-electron chi connectivity index (χ3n) is 5.68. The molecule has 0 radical (unpaired) electrons. The number of pyridine rings is 1. The van der Waals surface area contributed by atoms with E-state index in [4.69, 9.17) is 4.98 Å². The Hall–Kier alpha value is -3.01. The molecule has 3 aromatic rings. The van der Waals surface area contributed by atoms with Gasteiger partial charge in [-0.2, -0.15) is 9.61 Å². The average Bonchev–Trinajstić information content (AvgIpc) is 3.22. The number of nitrogens with one attached hydrogen (secondary N) is 1. The highest BCUT2D eigenvalue weighted by atomic mass is 79.9. The lowest BCUT2D eigenvalue weighted by Crippen LogP contribution is -2.38. The average molecular weight is 501 g/mol. The number of carbonyl (C=O) groups excluding carboxylic acids is 2. The third-order valence-corrected chi connectivity index (χ3v) is 6.24. The molecule has 168 valence electrons. The quantitative estimate of drug-likeness (QED) is 0.497. The van der Waals surface area contributed by atoms with Crippen LogP contribution >= 0.6 is 15.9 Å². The van der Waals surface area contributed by atoms with E-state index in [1.54, 1.807) is 16.9 Å². The van der Waals surface area contributed by atoms with Crippen LogP contribution in [0.5, 0.6) is 0 Å². The lowest BCUT2D eigenvalue weighted by Gasteiger charge is -2.32. The van der Waals surface area contributed by atoms with Crippen LogP contribution in [-0.4, -0.2) is 56.6 Å². The molecule has 1 fully saturated rings. The van der Waals surface area contributed by atoms with Gasteiger partial charge in [0.2, 0.25) is 5.91 Å². The number of aromatic nitrogens is 4. The largest absolute Gasteiger partial charge is 0.469 e. The highest BCUT2D eigenvalue weighted by Gasteiger charge is 2.26. The van der Waals surface area contributed by atoms with Gasteiger partial charge in [0, 0.05) is 56.1 Å². The monoisotopic (exact) mass is 500 g/mol. The fourth-order valence-electron chi connectivity index (χ4n) is 3.88. The number of anilines is 1. The van der Waals surface area contributed by atoms with E-state index in [1.807, 2.05) is 29.3 Å². The van der Waals surface area contributed by atoms with Crippen LogP contribution in [0.4, 0.5) is 5.82 Å². The van der Waals surface area contributed by atoms with Crippen molar-refractivity contribution in [2.75, 3.05) is 25.5 Å². The second kappa shape index (κ2) is 10.1. The van der Waals surface area contributed by atoms with Crippen LogP contribution < -0.4 is 5.32 Å². The Morgan fingerprint density at radius 3 is 2.78 bits per heavy atom. The second-order valence-electron chi connectivity index (χ2n) is 7.74. The zero-order valence-electron chi connectivity index (χ0n) is 17.8. The van der Waals surface area contributed by atoms with Gasteiger partial charge in [0.05, 0.1) is 24.2 Å². The smallest absolute Gasteiger partial charge is 0.306 e. The molecule has 1 N–H and O–H groups in total. The fourth-order valence-corrected chi connectivity index (χ4v) is 4.23. The van der Waals surface area contributed by atoms with Gasteiger partial charge in [0.15, 0.2) is 5.65 Å². The van der Waals surface area contributed by atoms with Crippen molar-refractivity contribution in [3.63, 3.8) is 0 Å². The second-order valence-corrected chi connectivity index (χ2v) is 8.59. The van der Waals surface area contributed by atoms with Gasteiger partial charge in [-0.25, -0.2) is 4.98 Å². The Bertz CT molecular complexity index is 1100. The van der Waals surface area contributed by atoms with Gasteiger partial charge in [-0.05, 0) is 40.4 Å². The highest BCUT2D eigenvalue weighted by Crippen LogP contribution is 2.31. The van der Waals surface area contributed by atoms with E-state index in [0.717, 1.165) is 40.0 Å². The lowest BCUT2D eigenvalue weighted by molar-refractivity contribution is -0.143. The van der Waals surface area contributed by atoms with Crippen molar-refractivity contribution in [3.8, 4) is 0 Å². The molecular formula is C22H25BrN6O3. The van der Waals surface area contributed by atoms with Gasteiger partial charge in [-0.1, -0.05) is 6.07 Å². The van der Waals surface area contributed by atoms with Crippen LogP contribution in [0.25, 0.3) is 5.65 Å². The van der Waals surface area contributed by atoms with Gasteiger partial charge in [-0.15, -0.1) is 0 Å². The minimum Gasteiger partial charge on any atom is -0.469 e. The Morgan fingerprint density at radius 1 is 1.25 bits per heavy atom. The predicted molar refractivity (Wildman–Crippen MR) is 122 cm³/mol. The lowest BCUT2D eigenvalue weighted by atomic mass is 9.93. The highest BCUT2D eigenvalue weighted by molar-refractivity contribution is 9.10.